The lowest BCUT2D eigenvalue weighted by atomic mass is 9.94. The molecule has 0 radical (unpaired) electrons. The van der Waals surface area contributed by atoms with Crippen molar-refractivity contribution in [3.8, 4) is 11.3 Å². The minimum Gasteiger partial charge on any atom is -0.441 e. The molecule has 3 rings (SSSR count). The van der Waals surface area contributed by atoms with Crippen LogP contribution in [0.3, 0.4) is 0 Å². The number of nitrogens with zero attached hydrogens (tertiary/aromatic N) is 2. The van der Waals surface area contributed by atoms with Crippen molar-refractivity contribution in [2.75, 3.05) is 20.1 Å². The maximum atomic E-state index is 12.0. The Labute approximate surface area is 162 Å². The number of hydrogen-bond donors (Lipinski definition) is 1. The third kappa shape index (κ3) is 6.21. The normalized spacial score (nSPS) is 15.2. The van der Waals surface area contributed by atoms with Gasteiger partial charge in [-0.3, -0.25) is 4.79 Å². The second-order valence-corrected chi connectivity index (χ2v) is 7.46. The first-order valence-electron chi connectivity index (χ1n) is 10.2. The van der Waals surface area contributed by atoms with Crippen LogP contribution in [0.1, 0.15) is 50.8 Å². The summed E-state index contributed by atoms with van der Waals surface area (Å²) in [7, 11) is 2.21. The smallest absolute Gasteiger partial charge is 0.220 e. The van der Waals surface area contributed by atoms with E-state index < -0.39 is 0 Å². The number of nitrogens with one attached hydrogen (secondary N) is 1. The highest BCUT2D eigenvalue weighted by Crippen LogP contribution is 2.22. The lowest BCUT2D eigenvalue weighted by molar-refractivity contribution is -0.121. The second-order valence-electron chi connectivity index (χ2n) is 7.46. The van der Waals surface area contributed by atoms with E-state index in [9.17, 15) is 4.79 Å². The molecular weight excluding hydrogens is 338 g/mol. The molecule has 146 valence electrons. The number of aromatic nitrogens is 1. The molecule has 0 atom stereocenters. The van der Waals surface area contributed by atoms with E-state index in [0.717, 1.165) is 36.9 Å². The van der Waals surface area contributed by atoms with Gasteiger partial charge in [-0.15, -0.1) is 0 Å². The molecule has 0 aliphatic heterocycles. The minimum atomic E-state index is 0.0646. The third-order valence-corrected chi connectivity index (χ3v) is 5.39. The number of aryl methyl sites for hydroxylation is 1. The summed E-state index contributed by atoms with van der Waals surface area (Å²) in [6.07, 6.45) is 10.4. The summed E-state index contributed by atoms with van der Waals surface area (Å²) < 4.78 is 5.75. The standard InChI is InChI=1S/C22H31N3O2/c1-25(19-11-6-3-7-12-19)16-8-15-23-21(26)13-14-22-24-17-20(27-22)18-9-4-2-5-10-18/h2,4-5,9-10,17,19H,3,6-8,11-16H2,1H3,(H,23,26). The molecule has 0 bridgehead atoms. The van der Waals surface area contributed by atoms with Crippen LogP contribution in [0.15, 0.2) is 40.9 Å². The van der Waals surface area contributed by atoms with Crippen LogP contribution in [0.5, 0.6) is 0 Å². The molecule has 1 fully saturated rings. The molecule has 1 heterocycles. The Kier molecular flexibility index (Phi) is 7.45. The topological polar surface area (TPSA) is 58.4 Å². The van der Waals surface area contributed by atoms with Gasteiger partial charge in [-0.05, 0) is 32.9 Å². The van der Waals surface area contributed by atoms with Gasteiger partial charge in [-0.25, -0.2) is 4.98 Å². The van der Waals surface area contributed by atoms with Crippen molar-refractivity contribution in [3.63, 3.8) is 0 Å². The molecule has 1 N–H and O–H groups in total. The molecule has 27 heavy (non-hydrogen) atoms. The van der Waals surface area contributed by atoms with Gasteiger partial charge in [0.25, 0.3) is 0 Å². The van der Waals surface area contributed by atoms with Crippen LogP contribution >= 0.6 is 0 Å². The Bertz CT molecular complexity index is 693. The van der Waals surface area contributed by atoms with Crippen molar-refractivity contribution in [2.45, 2.75) is 57.4 Å². The largest absolute Gasteiger partial charge is 0.441 e. The Morgan fingerprint density at radius 3 is 2.78 bits per heavy atom. The molecule has 1 aliphatic carbocycles. The minimum absolute atomic E-state index is 0.0646. The highest BCUT2D eigenvalue weighted by atomic mass is 16.4. The van der Waals surface area contributed by atoms with Crippen LogP contribution in [-0.2, 0) is 11.2 Å². The molecule has 1 amide bonds. The van der Waals surface area contributed by atoms with E-state index in [1.165, 1.54) is 32.1 Å². The summed E-state index contributed by atoms with van der Waals surface area (Å²) in [6.45, 7) is 1.78. The van der Waals surface area contributed by atoms with Crippen LogP contribution in [0.4, 0.5) is 0 Å². The predicted molar refractivity (Wildman–Crippen MR) is 107 cm³/mol. The molecule has 1 aliphatic rings. The summed E-state index contributed by atoms with van der Waals surface area (Å²) in [5.41, 5.74) is 1.00. The van der Waals surface area contributed by atoms with Gasteiger partial charge in [-0.2, -0.15) is 0 Å². The number of oxazole rings is 1. The molecule has 2 aromatic rings. The van der Waals surface area contributed by atoms with Crippen LogP contribution in [-0.4, -0.2) is 42.0 Å². The lowest BCUT2D eigenvalue weighted by Crippen LogP contribution is -2.35. The van der Waals surface area contributed by atoms with Crippen LogP contribution in [0.2, 0.25) is 0 Å². The molecule has 5 nitrogen and oxygen atoms in total. The van der Waals surface area contributed by atoms with E-state index in [0.29, 0.717) is 18.7 Å². The Morgan fingerprint density at radius 2 is 2.00 bits per heavy atom. The maximum absolute atomic E-state index is 12.0. The van der Waals surface area contributed by atoms with E-state index in [-0.39, 0.29) is 5.91 Å². The summed E-state index contributed by atoms with van der Waals surface area (Å²) in [5, 5.41) is 3.01. The summed E-state index contributed by atoms with van der Waals surface area (Å²) in [6, 6.07) is 10.6. The van der Waals surface area contributed by atoms with E-state index >= 15 is 0 Å². The number of hydrogen-bond acceptors (Lipinski definition) is 4. The molecule has 0 saturated heterocycles. The summed E-state index contributed by atoms with van der Waals surface area (Å²) >= 11 is 0. The Morgan fingerprint density at radius 1 is 1.22 bits per heavy atom. The van der Waals surface area contributed by atoms with Gasteiger partial charge in [0, 0.05) is 31.0 Å². The molecule has 1 saturated carbocycles. The Hall–Kier alpha value is -2.14. The van der Waals surface area contributed by atoms with Crippen molar-refractivity contribution < 1.29 is 9.21 Å². The van der Waals surface area contributed by atoms with Gasteiger partial charge in [0.05, 0.1) is 6.20 Å². The van der Waals surface area contributed by atoms with Gasteiger partial charge in [0.2, 0.25) is 5.91 Å². The average Bonchev–Trinajstić information content (AvgIpc) is 3.20. The van der Waals surface area contributed by atoms with Crippen molar-refractivity contribution in [2.24, 2.45) is 0 Å². The van der Waals surface area contributed by atoms with Gasteiger partial charge < -0.3 is 14.6 Å². The zero-order valence-electron chi connectivity index (χ0n) is 16.3. The summed E-state index contributed by atoms with van der Waals surface area (Å²) in [4.78, 5) is 18.8. The van der Waals surface area contributed by atoms with Gasteiger partial charge >= 0.3 is 0 Å². The van der Waals surface area contributed by atoms with E-state index in [2.05, 4.69) is 22.2 Å². The van der Waals surface area contributed by atoms with Crippen LogP contribution in [0.25, 0.3) is 11.3 Å². The van der Waals surface area contributed by atoms with Crippen molar-refractivity contribution in [1.29, 1.82) is 0 Å². The summed E-state index contributed by atoms with van der Waals surface area (Å²) in [5.74, 6) is 1.42. The first-order valence-corrected chi connectivity index (χ1v) is 10.2. The SMILES string of the molecule is CN(CCCNC(=O)CCc1ncc(-c2ccccc2)o1)C1CCCCC1. The van der Waals surface area contributed by atoms with Crippen molar-refractivity contribution in [3.05, 3.63) is 42.4 Å². The lowest BCUT2D eigenvalue weighted by Gasteiger charge is -2.31. The number of benzene rings is 1. The average molecular weight is 370 g/mol. The molecule has 5 heteroatoms. The fraction of sp³-hybridized carbons (Fsp3) is 0.545. The maximum Gasteiger partial charge on any atom is 0.220 e. The van der Waals surface area contributed by atoms with Gasteiger partial charge in [-0.1, -0.05) is 49.6 Å². The van der Waals surface area contributed by atoms with Gasteiger partial charge in [0.15, 0.2) is 11.7 Å². The number of carbonyl (C=O) groups excluding carboxylic acids is 1. The molecular formula is C22H31N3O2. The van der Waals surface area contributed by atoms with Crippen molar-refractivity contribution >= 4 is 5.91 Å². The number of carbonyl (C=O) groups is 1. The molecule has 0 unspecified atom stereocenters. The first-order chi connectivity index (χ1) is 13.2. The van der Waals surface area contributed by atoms with E-state index in [1.54, 1.807) is 6.20 Å². The third-order valence-electron chi connectivity index (χ3n) is 5.39. The van der Waals surface area contributed by atoms with Gasteiger partial charge in [0.1, 0.15) is 0 Å². The van der Waals surface area contributed by atoms with E-state index in [1.807, 2.05) is 30.3 Å². The fourth-order valence-corrected chi connectivity index (χ4v) is 3.73. The quantitative estimate of drug-likeness (QED) is 0.678. The molecule has 1 aromatic carbocycles. The van der Waals surface area contributed by atoms with Crippen LogP contribution in [0, 0.1) is 0 Å². The zero-order chi connectivity index (χ0) is 18.9. The van der Waals surface area contributed by atoms with E-state index in [4.69, 9.17) is 4.42 Å². The molecule has 1 aromatic heterocycles. The monoisotopic (exact) mass is 369 g/mol. The second kappa shape index (κ2) is 10.3. The van der Waals surface area contributed by atoms with Crippen LogP contribution < -0.4 is 5.32 Å². The highest BCUT2D eigenvalue weighted by Gasteiger charge is 2.17. The first kappa shape index (κ1) is 19.6. The number of rotatable bonds is 9. The Balaban J connectivity index is 1.31. The highest BCUT2D eigenvalue weighted by molar-refractivity contribution is 5.76. The molecule has 0 spiro atoms. The number of amides is 1. The zero-order valence-corrected chi connectivity index (χ0v) is 16.3. The predicted octanol–water partition coefficient (Wildman–Crippen LogP) is 4.05. The van der Waals surface area contributed by atoms with Crippen molar-refractivity contribution in [1.82, 2.24) is 15.2 Å². The fourth-order valence-electron chi connectivity index (χ4n) is 3.73.